The molecule has 0 bridgehead atoms. The van der Waals surface area contributed by atoms with Crippen molar-refractivity contribution >= 4 is 35.3 Å². The van der Waals surface area contributed by atoms with E-state index in [1.807, 2.05) is 0 Å². The van der Waals surface area contributed by atoms with Crippen LogP contribution in [0.1, 0.15) is 29.6 Å². The largest absolute Gasteiger partial charge is 0.331 e. The number of nitrogens with one attached hydrogen (secondary N) is 1. The van der Waals surface area contributed by atoms with E-state index in [-0.39, 0.29) is 37.0 Å². The van der Waals surface area contributed by atoms with Gasteiger partial charge in [0.2, 0.25) is 17.7 Å². The van der Waals surface area contributed by atoms with Crippen LogP contribution in [-0.2, 0) is 14.4 Å². The van der Waals surface area contributed by atoms with E-state index in [0.717, 1.165) is 9.80 Å². The van der Waals surface area contributed by atoms with Crippen molar-refractivity contribution in [2.75, 3.05) is 19.0 Å². The molecule has 1 N–H and O–H groups in total. The molecule has 26 heavy (non-hydrogen) atoms. The number of urea groups is 1. The van der Waals surface area contributed by atoms with E-state index in [0.29, 0.717) is 11.3 Å². The summed E-state index contributed by atoms with van der Waals surface area (Å²) in [6.45, 7) is 0. The van der Waals surface area contributed by atoms with Crippen LogP contribution < -0.4 is 10.2 Å². The summed E-state index contributed by atoms with van der Waals surface area (Å²) in [4.78, 5) is 63.0. The Hall–Kier alpha value is -3.23. The molecule has 1 unspecified atom stereocenters. The molecular weight excluding hydrogens is 340 g/mol. The van der Waals surface area contributed by atoms with Gasteiger partial charge in [0, 0.05) is 32.5 Å². The molecule has 9 heteroatoms. The first kappa shape index (κ1) is 17.6. The van der Waals surface area contributed by atoms with Gasteiger partial charge in [-0.2, -0.15) is 0 Å². The minimum Gasteiger partial charge on any atom is -0.331 e. The molecule has 0 radical (unpaired) electrons. The Morgan fingerprint density at radius 1 is 0.962 bits per heavy atom. The zero-order valence-corrected chi connectivity index (χ0v) is 14.4. The maximum atomic E-state index is 12.4. The van der Waals surface area contributed by atoms with E-state index in [2.05, 4.69) is 5.32 Å². The van der Waals surface area contributed by atoms with Crippen LogP contribution in [0.2, 0.25) is 0 Å². The van der Waals surface area contributed by atoms with Crippen LogP contribution in [0.25, 0.3) is 0 Å². The summed E-state index contributed by atoms with van der Waals surface area (Å²) in [6, 6.07) is 5.52. The van der Waals surface area contributed by atoms with Crippen LogP contribution in [0, 0.1) is 0 Å². The Bertz CT molecular complexity index is 788. The Balaban J connectivity index is 1.71. The van der Waals surface area contributed by atoms with Gasteiger partial charge >= 0.3 is 6.03 Å². The molecule has 9 nitrogen and oxygen atoms in total. The Morgan fingerprint density at radius 3 is 2.12 bits per heavy atom. The molecular formula is C17H18N4O5. The minimum atomic E-state index is -0.736. The molecule has 0 saturated carbocycles. The summed E-state index contributed by atoms with van der Waals surface area (Å²) in [5.74, 6) is -1.37. The lowest BCUT2D eigenvalue weighted by molar-refractivity contribution is -0.131. The molecule has 6 amide bonds. The lowest BCUT2D eigenvalue weighted by Crippen LogP contribution is -2.59. The van der Waals surface area contributed by atoms with E-state index in [4.69, 9.17) is 0 Å². The van der Waals surface area contributed by atoms with Gasteiger partial charge in [0.15, 0.2) is 0 Å². The fourth-order valence-electron chi connectivity index (χ4n) is 2.92. The first-order valence-corrected chi connectivity index (χ1v) is 8.09. The van der Waals surface area contributed by atoms with Crippen LogP contribution in [0.4, 0.5) is 10.5 Å². The number of carbonyl (C=O) groups excluding carboxylic acids is 5. The molecule has 0 spiro atoms. The third-order valence-corrected chi connectivity index (χ3v) is 4.54. The highest BCUT2D eigenvalue weighted by Crippen LogP contribution is 2.23. The molecule has 1 atom stereocenters. The van der Waals surface area contributed by atoms with Crippen molar-refractivity contribution < 1.29 is 24.0 Å². The van der Waals surface area contributed by atoms with Crippen LogP contribution in [0.5, 0.6) is 0 Å². The van der Waals surface area contributed by atoms with E-state index in [1.54, 1.807) is 0 Å². The first-order valence-electron chi connectivity index (χ1n) is 8.09. The average molecular weight is 358 g/mol. The van der Waals surface area contributed by atoms with E-state index in [9.17, 15) is 24.0 Å². The maximum absolute atomic E-state index is 12.4. The minimum absolute atomic E-state index is 0.0145. The van der Waals surface area contributed by atoms with Crippen molar-refractivity contribution in [3.8, 4) is 0 Å². The van der Waals surface area contributed by atoms with Crippen molar-refractivity contribution in [1.29, 1.82) is 0 Å². The fourth-order valence-corrected chi connectivity index (χ4v) is 2.92. The summed E-state index contributed by atoms with van der Waals surface area (Å²) >= 11 is 0. The van der Waals surface area contributed by atoms with Gasteiger partial charge < -0.3 is 10.2 Å². The lowest BCUT2D eigenvalue weighted by Gasteiger charge is -2.36. The van der Waals surface area contributed by atoms with E-state index >= 15 is 0 Å². The van der Waals surface area contributed by atoms with Crippen LogP contribution in [0.3, 0.4) is 0 Å². The number of imide groups is 2. The molecule has 2 fully saturated rings. The van der Waals surface area contributed by atoms with E-state index < -0.39 is 18.1 Å². The Kier molecular flexibility index (Phi) is 4.45. The Labute approximate surface area is 149 Å². The van der Waals surface area contributed by atoms with Crippen molar-refractivity contribution in [3.05, 3.63) is 29.8 Å². The number of hydrogen-bond acceptors (Lipinski definition) is 5. The molecule has 2 saturated heterocycles. The molecule has 1 aromatic rings. The maximum Gasteiger partial charge on any atom is 0.327 e. The van der Waals surface area contributed by atoms with Gasteiger partial charge in [-0.25, -0.2) is 4.79 Å². The molecule has 2 aliphatic heterocycles. The van der Waals surface area contributed by atoms with Crippen molar-refractivity contribution in [2.45, 2.75) is 25.4 Å². The summed E-state index contributed by atoms with van der Waals surface area (Å²) in [7, 11) is 2.89. The third-order valence-electron chi connectivity index (χ3n) is 4.54. The number of hydrogen-bond donors (Lipinski definition) is 1. The van der Waals surface area contributed by atoms with Crippen LogP contribution >= 0.6 is 0 Å². The predicted molar refractivity (Wildman–Crippen MR) is 90.0 cm³/mol. The Morgan fingerprint density at radius 2 is 1.54 bits per heavy atom. The molecule has 1 aromatic carbocycles. The SMILES string of the molecule is CN1C(=O)CC(NC(=O)c2ccc(N3C(=O)CCC3=O)cc2)N(C)C1=O. The predicted octanol–water partition coefficient (Wildman–Crippen LogP) is 0.310. The molecule has 136 valence electrons. The fraction of sp³-hybridized carbons (Fsp3) is 0.353. The van der Waals surface area contributed by atoms with Crippen molar-refractivity contribution in [2.24, 2.45) is 0 Å². The second-order valence-corrected chi connectivity index (χ2v) is 6.21. The zero-order chi connectivity index (χ0) is 19.0. The van der Waals surface area contributed by atoms with Gasteiger partial charge in [0.25, 0.3) is 5.91 Å². The topological polar surface area (TPSA) is 107 Å². The molecule has 0 aliphatic carbocycles. The molecule has 2 aliphatic rings. The van der Waals surface area contributed by atoms with Gasteiger partial charge in [0.05, 0.1) is 12.1 Å². The number of benzene rings is 1. The summed E-state index contributed by atoms with van der Waals surface area (Å²) in [6.07, 6.45) is -0.378. The molecule has 0 aromatic heterocycles. The number of amides is 6. The smallest absolute Gasteiger partial charge is 0.327 e. The van der Waals surface area contributed by atoms with E-state index in [1.165, 1.54) is 43.3 Å². The standard InChI is InChI=1S/C17H18N4O5/c1-19-12(9-15(24)20(2)17(19)26)18-16(25)10-3-5-11(6-4-10)21-13(22)7-8-14(21)23/h3-6,12H,7-9H2,1-2H3,(H,18,25). The zero-order valence-electron chi connectivity index (χ0n) is 14.4. The average Bonchev–Trinajstić information content (AvgIpc) is 2.96. The van der Waals surface area contributed by atoms with Crippen molar-refractivity contribution in [1.82, 2.24) is 15.1 Å². The molecule has 3 rings (SSSR count). The number of carbonyl (C=O) groups is 5. The lowest BCUT2D eigenvalue weighted by atomic mass is 10.1. The highest BCUT2D eigenvalue weighted by molar-refractivity contribution is 6.19. The van der Waals surface area contributed by atoms with Gasteiger partial charge in [-0.1, -0.05) is 0 Å². The van der Waals surface area contributed by atoms with Crippen LogP contribution in [-0.4, -0.2) is 59.7 Å². The monoisotopic (exact) mass is 358 g/mol. The van der Waals surface area contributed by atoms with Crippen molar-refractivity contribution in [3.63, 3.8) is 0 Å². The highest BCUT2D eigenvalue weighted by atomic mass is 16.2. The first-order chi connectivity index (χ1) is 12.3. The quantitative estimate of drug-likeness (QED) is 0.783. The van der Waals surface area contributed by atoms with Gasteiger partial charge in [-0.3, -0.25) is 29.0 Å². The summed E-state index contributed by atoms with van der Waals surface area (Å²) in [5.41, 5.74) is 0.705. The normalized spacial score (nSPS) is 20.8. The van der Waals surface area contributed by atoms with Gasteiger partial charge in [-0.05, 0) is 24.3 Å². The second kappa shape index (κ2) is 6.58. The van der Waals surface area contributed by atoms with Gasteiger partial charge in [0.1, 0.15) is 6.17 Å². The second-order valence-electron chi connectivity index (χ2n) is 6.21. The van der Waals surface area contributed by atoms with Crippen LogP contribution in [0.15, 0.2) is 24.3 Å². The highest BCUT2D eigenvalue weighted by Gasteiger charge is 2.35. The number of anilines is 1. The summed E-state index contributed by atoms with van der Waals surface area (Å²) in [5, 5.41) is 2.64. The molecule has 2 heterocycles. The third kappa shape index (κ3) is 3.03. The van der Waals surface area contributed by atoms with Gasteiger partial charge in [-0.15, -0.1) is 0 Å². The summed E-state index contributed by atoms with van der Waals surface area (Å²) < 4.78 is 0. The number of rotatable bonds is 3. The number of nitrogens with zero attached hydrogens (tertiary/aromatic N) is 3.